The molecule has 0 atom stereocenters. The molecule has 0 spiro atoms. The first-order valence-electron chi connectivity index (χ1n) is 11.0. The molecule has 0 amide bonds. The second-order valence-corrected chi connectivity index (χ2v) is 13.2. The number of fused-ring (bicyclic) bond motifs is 1. The molecule has 0 fully saturated rings. The number of phenols is 1. The number of phenolic OH excluding ortho intramolecular Hbond substituents is 1. The van der Waals surface area contributed by atoms with Crippen molar-refractivity contribution >= 4 is 87.3 Å². The topological polar surface area (TPSA) is 253 Å². The number of hydrogen-bond donors (Lipinski definition) is 2. The van der Waals surface area contributed by atoms with Crippen molar-refractivity contribution in [3.8, 4) is 5.75 Å². The van der Waals surface area contributed by atoms with E-state index in [1.165, 1.54) is 30.3 Å². The number of rotatable bonds is 10. The molecule has 3 aromatic carbocycles. The second kappa shape index (κ2) is 15.4. The van der Waals surface area contributed by atoms with Gasteiger partial charge in [-0.15, -0.1) is 5.11 Å². The summed E-state index contributed by atoms with van der Waals surface area (Å²) in [7, 11) is -14.3. The van der Waals surface area contributed by atoms with Crippen molar-refractivity contribution in [3.05, 3.63) is 59.1 Å². The van der Waals surface area contributed by atoms with Crippen LogP contribution in [0.3, 0.4) is 0 Å². The zero-order chi connectivity index (χ0) is 30.9. The molecule has 0 bridgehead atoms. The Morgan fingerprint density at radius 3 is 2.05 bits per heavy atom. The van der Waals surface area contributed by atoms with Gasteiger partial charge in [-0.1, -0.05) is 0 Å². The van der Waals surface area contributed by atoms with E-state index < -0.39 is 59.0 Å². The average molecular weight is 723 g/mol. The summed E-state index contributed by atoms with van der Waals surface area (Å²) in [6, 6.07) is 9.72. The molecule has 0 aliphatic rings. The quantitative estimate of drug-likeness (QED) is 0.0735. The van der Waals surface area contributed by atoms with E-state index in [4.69, 9.17) is 23.2 Å². The second-order valence-electron chi connectivity index (χ2n) is 8.03. The molecule has 2 N–H and O–H groups in total. The van der Waals surface area contributed by atoms with E-state index in [-0.39, 0.29) is 97.0 Å². The number of anilines is 2. The van der Waals surface area contributed by atoms with Crippen molar-refractivity contribution in [2.75, 3.05) is 17.7 Å². The zero-order valence-electron chi connectivity index (χ0n) is 22.4. The van der Waals surface area contributed by atoms with Crippen molar-refractivity contribution in [1.29, 1.82) is 0 Å². The van der Waals surface area contributed by atoms with Crippen molar-refractivity contribution in [3.63, 3.8) is 0 Å². The van der Waals surface area contributed by atoms with Crippen molar-refractivity contribution in [2.45, 2.75) is 9.79 Å². The summed E-state index contributed by atoms with van der Waals surface area (Å²) in [5, 5.41) is 20.9. The van der Waals surface area contributed by atoms with Crippen LogP contribution in [0.15, 0.2) is 68.6 Å². The minimum Gasteiger partial charge on any atom is -0.744 e. The zero-order valence-corrected chi connectivity index (χ0v) is 30.3. The minimum atomic E-state index is -5.19. The van der Waals surface area contributed by atoms with Gasteiger partial charge in [0.2, 0.25) is 26.9 Å². The SMILES string of the molecule is O=S(=O)([O-])OCCS(=O)(=O)c1ccc(/N=N/c2c(S(=O)(=O)[O-])cc3cc(Nc4nc(Cl)nc(Cl)n4)ccc3c2O)cc1.[Na+].[Na+]. The Morgan fingerprint density at radius 1 is 0.864 bits per heavy atom. The predicted octanol–water partition coefficient (Wildman–Crippen LogP) is -2.64. The minimum absolute atomic E-state index is 0. The fraction of sp³-hybridized carbons (Fsp3) is 0.0952. The molecule has 0 aliphatic carbocycles. The van der Waals surface area contributed by atoms with Gasteiger partial charge in [0.15, 0.2) is 15.6 Å². The maximum atomic E-state index is 12.3. The molecule has 0 radical (unpaired) electrons. The molecule has 1 heterocycles. The first-order valence-corrected chi connectivity index (χ1v) is 16.1. The first-order chi connectivity index (χ1) is 19.5. The first kappa shape index (κ1) is 38.6. The fourth-order valence-electron chi connectivity index (χ4n) is 3.42. The van der Waals surface area contributed by atoms with Crippen LogP contribution in [0, 0.1) is 0 Å². The summed E-state index contributed by atoms with van der Waals surface area (Å²) in [6.45, 7) is -0.888. The van der Waals surface area contributed by atoms with Gasteiger partial charge >= 0.3 is 59.1 Å². The van der Waals surface area contributed by atoms with Gasteiger partial charge in [-0.2, -0.15) is 20.1 Å². The van der Waals surface area contributed by atoms with Crippen LogP contribution >= 0.6 is 23.2 Å². The van der Waals surface area contributed by atoms with Gasteiger partial charge < -0.3 is 19.5 Å². The standard InChI is InChI=1S/C21H16Cl2N6O10S3.2Na/c22-19-25-20(23)27-21(26-19)24-13-3-6-15-11(9-13)10-16(41(33,34)35)17(18(15)30)29-28-12-1-4-14(5-2-12)40(31,32)8-7-39-42(36,37)38;;/h1-6,9-10,30H,7-8H2,(H,33,34,35)(H,36,37,38)(H,24,25,26,27);;/q;2*+1/p-2/b29-28+;;. The van der Waals surface area contributed by atoms with Gasteiger partial charge in [0.05, 0.1) is 27.8 Å². The molecular formula is C21H14Cl2N6Na2O10S3. The van der Waals surface area contributed by atoms with Crippen LogP contribution in [0.25, 0.3) is 10.8 Å². The van der Waals surface area contributed by atoms with Crippen LogP contribution in [-0.4, -0.2) is 66.8 Å². The van der Waals surface area contributed by atoms with E-state index in [1.807, 2.05) is 0 Å². The van der Waals surface area contributed by atoms with Gasteiger partial charge in [-0.3, -0.25) is 4.18 Å². The van der Waals surface area contributed by atoms with E-state index in [0.717, 1.165) is 18.2 Å². The van der Waals surface area contributed by atoms with Crippen LogP contribution in [0.4, 0.5) is 23.0 Å². The van der Waals surface area contributed by atoms with E-state index in [2.05, 4.69) is 34.7 Å². The number of nitrogens with zero attached hydrogens (tertiary/aromatic N) is 5. The van der Waals surface area contributed by atoms with E-state index >= 15 is 0 Å². The van der Waals surface area contributed by atoms with E-state index in [9.17, 15) is 39.5 Å². The Kier molecular flexibility index (Phi) is 13.5. The van der Waals surface area contributed by atoms with Crippen LogP contribution in [0.5, 0.6) is 5.75 Å². The third-order valence-corrected chi connectivity index (χ3v) is 8.54. The third kappa shape index (κ3) is 10.2. The number of hydrogen-bond acceptors (Lipinski definition) is 16. The van der Waals surface area contributed by atoms with Crippen molar-refractivity contribution < 1.29 is 103 Å². The molecular weight excluding hydrogens is 709 g/mol. The number of halogens is 2. The van der Waals surface area contributed by atoms with Crippen LogP contribution in [0.1, 0.15) is 0 Å². The number of aromatic nitrogens is 3. The molecule has 0 saturated heterocycles. The molecule has 4 rings (SSSR count). The number of nitrogens with one attached hydrogen (secondary N) is 1. The number of sulfone groups is 1. The molecule has 0 saturated carbocycles. The van der Waals surface area contributed by atoms with Gasteiger partial charge in [-0.05, 0) is 77.1 Å². The van der Waals surface area contributed by atoms with E-state index in [0.29, 0.717) is 5.69 Å². The molecule has 1 aromatic heterocycles. The molecule has 44 heavy (non-hydrogen) atoms. The van der Waals surface area contributed by atoms with Crippen molar-refractivity contribution in [2.24, 2.45) is 10.2 Å². The monoisotopic (exact) mass is 722 g/mol. The summed E-state index contributed by atoms with van der Waals surface area (Å²) in [5.74, 6) is -1.52. The predicted molar refractivity (Wildman–Crippen MR) is 145 cm³/mol. The number of benzene rings is 3. The molecule has 23 heteroatoms. The Hall–Kier alpha value is -1.56. The summed E-state index contributed by atoms with van der Waals surface area (Å²) in [4.78, 5) is 10.1. The smallest absolute Gasteiger partial charge is 0.744 e. The van der Waals surface area contributed by atoms with Gasteiger partial charge in [-0.25, -0.2) is 25.3 Å². The summed E-state index contributed by atoms with van der Waals surface area (Å²) >= 11 is 11.5. The number of azo groups is 1. The Balaban J connectivity index is 0.00000337. The number of aromatic hydroxyl groups is 1. The maximum absolute atomic E-state index is 12.3. The Morgan fingerprint density at radius 2 is 1.48 bits per heavy atom. The normalized spacial score (nSPS) is 12.1. The average Bonchev–Trinajstić information content (AvgIpc) is 2.86. The van der Waals surface area contributed by atoms with Gasteiger partial charge in [0.25, 0.3) is 0 Å². The third-order valence-electron chi connectivity index (χ3n) is 5.20. The van der Waals surface area contributed by atoms with Crippen molar-refractivity contribution in [1.82, 2.24) is 15.0 Å². The van der Waals surface area contributed by atoms with Crippen LogP contribution < -0.4 is 64.4 Å². The molecule has 16 nitrogen and oxygen atoms in total. The largest absolute Gasteiger partial charge is 1.00 e. The maximum Gasteiger partial charge on any atom is 1.00 e. The summed E-state index contributed by atoms with van der Waals surface area (Å²) in [5.41, 5.74) is -0.364. The van der Waals surface area contributed by atoms with Crippen LogP contribution in [-0.2, 0) is 34.5 Å². The van der Waals surface area contributed by atoms with E-state index in [1.54, 1.807) is 0 Å². The Bertz CT molecular complexity index is 2040. The fourth-order valence-corrected chi connectivity index (χ4v) is 5.91. The molecule has 222 valence electrons. The summed E-state index contributed by atoms with van der Waals surface area (Å²) in [6.07, 6.45) is 0. The van der Waals surface area contributed by atoms with Crippen LogP contribution in [0.2, 0.25) is 10.6 Å². The Labute approximate surface area is 304 Å². The summed E-state index contributed by atoms with van der Waals surface area (Å²) < 4.78 is 96.1. The molecule has 0 aliphatic heterocycles. The molecule has 0 unspecified atom stereocenters. The van der Waals surface area contributed by atoms with Gasteiger partial charge in [0.1, 0.15) is 15.8 Å². The molecule has 4 aromatic rings. The van der Waals surface area contributed by atoms with Gasteiger partial charge in [0, 0.05) is 11.1 Å².